The third-order valence-electron chi connectivity index (χ3n) is 6.64. The maximum absolute atomic E-state index is 12.6. The van der Waals surface area contributed by atoms with Crippen molar-refractivity contribution in [3.63, 3.8) is 0 Å². The van der Waals surface area contributed by atoms with Crippen molar-refractivity contribution in [1.82, 2.24) is 4.90 Å². The van der Waals surface area contributed by atoms with E-state index in [4.69, 9.17) is 14.2 Å². The van der Waals surface area contributed by atoms with Gasteiger partial charge in [-0.15, -0.1) is 0 Å². The lowest BCUT2D eigenvalue weighted by Crippen LogP contribution is -2.42. The fourth-order valence-electron chi connectivity index (χ4n) is 5.06. The molecule has 2 aromatic carbocycles. The van der Waals surface area contributed by atoms with Crippen LogP contribution < -0.4 is 9.47 Å². The third-order valence-corrected chi connectivity index (χ3v) is 6.64. The lowest BCUT2D eigenvalue weighted by molar-refractivity contribution is 0.0180. The van der Waals surface area contributed by atoms with Crippen LogP contribution in [-0.2, 0) is 16.7 Å². The van der Waals surface area contributed by atoms with Gasteiger partial charge in [-0.1, -0.05) is 36.4 Å². The first kappa shape index (κ1) is 21.4. The number of esters is 1. The van der Waals surface area contributed by atoms with E-state index < -0.39 is 0 Å². The molecule has 0 N–H and O–H groups in total. The molecule has 2 aliphatic rings. The molecule has 31 heavy (non-hydrogen) atoms. The molecule has 2 aromatic rings. The Bertz CT molecular complexity index is 986. The summed E-state index contributed by atoms with van der Waals surface area (Å²) >= 11 is 0. The molecule has 2 heterocycles. The molecule has 3 atom stereocenters. The van der Waals surface area contributed by atoms with Gasteiger partial charge in [-0.25, -0.2) is 4.79 Å². The predicted molar refractivity (Wildman–Crippen MR) is 121 cm³/mol. The Hall–Kier alpha value is -2.79. The first-order valence-electron chi connectivity index (χ1n) is 10.8. The van der Waals surface area contributed by atoms with Crippen LogP contribution in [0, 0.1) is 0 Å². The SMILES string of the molecule is C=C(C)[C@@]12CCN(C)Cc3ccc(OC)c(c31)OC2C[C@H](C)OC(=O)c1ccccc1. The van der Waals surface area contributed by atoms with E-state index >= 15 is 0 Å². The molecule has 164 valence electrons. The molecule has 0 amide bonds. The zero-order valence-corrected chi connectivity index (χ0v) is 18.8. The molecule has 0 aromatic heterocycles. The fourth-order valence-corrected chi connectivity index (χ4v) is 5.06. The second kappa shape index (κ2) is 8.39. The van der Waals surface area contributed by atoms with Crippen LogP contribution in [0.5, 0.6) is 11.5 Å². The average Bonchev–Trinajstić information content (AvgIpc) is 2.98. The second-order valence-corrected chi connectivity index (χ2v) is 8.79. The minimum absolute atomic E-state index is 0.180. The molecule has 0 aliphatic carbocycles. The van der Waals surface area contributed by atoms with Gasteiger partial charge in [0.25, 0.3) is 0 Å². The topological polar surface area (TPSA) is 48.0 Å². The molecule has 0 bridgehead atoms. The molecule has 4 rings (SSSR count). The Labute approximate surface area is 184 Å². The Kier molecular flexibility index (Phi) is 5.80. The highest BCUT2D eigenvalue weighted by molar-refractivity contribution is 5.89. The van der Waals surface area contributed by atoms with Crippen molar-refractivity contribution >= 4 is 5.97 Å². The Morgan fingerprint density at radius 3 is 2.71 bits per heavy atom. The summed E-state index contributed by atoms with van der Waals surface area (Å²) in [4.78, 5) is 14.9. The average molecular weight is 422 g/mol. The van der Waals surface area contributed by atoms with Crippen LogP contribution in [0.25, 0.3) is 0 Å². The van der Waals surface area contributed by atoms with Crippen LogP contribution >= 0.6 is 0 Å². The van der Waals surface area contributed by atoms with E-state index in [9.17, 15) is 4.79 Å². The number of hydrogen-bond donors (Lipinski definition) is 0. The standard InChI is InChI=1S/C26H31NO4/c1-17(2)26-13-14-27(4)16-20-11-12-21(29-5)24(23(20)26)31-22(26)15-18(3)30-25(28)19-9-7-6-8-10-19/h6-12,18,22H,1,13-16H2,2-5H3/t18-,22?,26+/m0/s1. The number of carbonyl (C=O) groups is 1. The molecule has 0 saturated carbocycles. The van der Waals surface area contributed by atoms with E-state index in [-0.39, 0.29) is 23.6 Å². The van der Waals surface area contributed by atoms with Crippen LogP contribution in [0.1, 0.15) is 48.2 Å². The largest absolute Gasteiger partial charge is 0.493 e. The predicted octanol–water partition coefficient (Wildman–Crippen LogP) is 4.74. The van der Waals surface area contributed by atoms with Crippen LogP contribution in [0.15, 0.2) is 54.6 Å². The highest BCUT2D eigenvalue weighted by Crippen LogP contribution is 2.56. The van der Waals surface area contributed by atoms with Crippen LogP contribution in [0.2, 0.25) is 0 Å². The zero-order valence-electron chi connectivity index (χ0n) is 18.8. The summed E-state index contributed by atoms with van der Waals surface area (Å²) in [6.07, 6.45) is 0.987. The minimum atomic E-state index is -0.336. The van der Waals surface area contributed by atoms with Gasteiger partial charge in [0.15, 0.2) is 11.5 Å². The van der Waals surface area contributed by atoms with Gasteiger partial charge < -0.3 is 19.1 Å². The van der Waals surface area contributed by atoms with Crippen molar-refractivity contribution in [3.05, 3.63) is 71.3 Å². The van der Waals surface area contributed by atoms with Crippen LogP contribution in [-0.4, -0.2) is 43.8 Å². The molecule has 2 aliphatic heterocycles. The summed E-state index contributed by atoms with van der Waals surface area (Å²) in [5.74, 6) is 1.24. The Morgan fingerprint density at radius 1 is 1.29 bits per heavy atom. The molecular weight excluding hydrogens is 390 g/mol. The third kappa shape index (κ3) is 3.72. The summed E-state index contributed by atoms with van der Waals surface area (Å²) < 4.78 is 18.0. The van der Waals surface area contributed by atoms with E-state index in [2.05, 4.69) is 31.5 Å². The summed E-state index contributed by atoms with van der Waals surface area (Å²) in [6, 6.07) is 13.2. The highest BCUT2D eigenvalue weighted by Gasteiger charge is 2.53. The van der Waals surface area contributed by atoms with Crippen molar-refractivity contribution in [2.24, 2.45) is 0 Å². The van der Waals surface area contributed by atoms with Gasteiger partial charge in [0.2, 0.25) is 0 Å². The first-order chi connectivity index (χ1) is 14.9. The lowest BCUT2D eigenvalue weighted by Gasteiger charge is -2.36. The highest BCUT2D eigenvalue weighted by atomic mass is 16.6. The summed E-state index contributed by atoms with van der Waals surface area (Å²) in [7, 11) is 3.81. The Morgan fingerprint density at radius 2 is 2.03 bits per heavy atom. The number of benzene rings is 2. The number of carbonyl (C=O) groups excluding carboxylic acids is 1. The van der Waals surface area contributed by atoms with E-state index in [1.165, 1.54) is 11.1 Å². The quantitative estimate of drug-likeness (QED) is 0.498. The summed E-state index contributed by atoms with van der Waals surface area (Å²) in [5.41, 5.74) is 3.73. The van der Waals surface area contributed by atoms with E-state index in [0.29, 0.717) is 12.0 Å². The molecule has 0 radical (unpaired) electrons. The van der Waals surface area contributed by atoms with Crippen molar-refractivity contribution in [3.8, 4) is 11.5 Å². The summed E-state index contributed by atoms with van der Waals surface area (Å²) in [6.45, 7) is 10.2. The van der Waals surface area contributed by atoms with E-state index in [0.717, 1.165) is 36.6 Å². The minimum Gasteiger partial charge on any atom is -0.493 e. The van der Waals surface area contributed by atoms with E-state index in [1.54, 1.807) is 19.2 Å². The van der Waals surface area contributed by atoms with Gasteiger partial charge in [-0.3, -0.25) is 0 Å². The number of methoxy groups -OCH3 is 1. The number of hydrogen-bond acceptors (Lipinski definition) is 5. The monoisotopic (exact) mass is 421 g/mol. The zero-order chi connectivity index (χ0) is 22.2. The van der Waals surface area contributed by atoms with Crippen molar-refractivity contribution in [1.29, 1.82) is 0 Å². The van der Waals surface area contributed by atoms with Crippen LogP contribution in [0.3, 0.4) is 0 Å². The molecule has 5 heteroatoms. The summed E-state index contributed by atoms with van der Waals surface area (Å²) in [5, 5.41) is 0. The van der Waals surface area contributed by atoms with Crippen molar-refractivity contribution in [2.45, 2.75) is 50.9 Å². The normalized spacial score (nSPS) is 23.3. The van der Waals surface area contributed by atoms with E-state index in [1.807, 2.05) is 31.2 Å². The second-order valence-electron chi connectivity index (χ2n) is 8.79. The van der Waals surface area contributed by atoms with Gasteiger partial charge in [-0.2, -0.15) is 0 Å². The molecule has 5 nitrogen and oxygen atoms in total. The number of nitrogens with zero attached hydrogens (tertiary/aromatic N) is 1. The van der Waals surface area contributed by atoms with Crippen molar-refractivity contribution < 1.29 is 19.0 Å². The maximum atomic E-state index is 12.6. The molecule has 0 fully saturated rings. The van der Waals surface area contributed by atoms with Gasteiger partial charge in [0.1, 0.15) is 12.2 Å². The van der Waals surface area contributed by atoms with Crippen LogP contribution in [0.4, 0.5) is 0 Å². The Balaban J connectivity index is 1.66. The smallest absolute Gasteiger partial charge is 0.338 e. The maximum Gasteiger partial charge on any atom is 0.338 e. The van der Waals surface area contributed by atoms with Gasteiger partial charge in [-0.05, 0) is 57.6 Å². The lowest BCUT2D eigenvalue weighted by atomic mass is 9.67. The number of ether oxygens (including phenoxy) is 3. The molecular formula is C26H31NO4. The molecule has 0 spiro atoms. The molecule has 0 saturated heterocycles. The van der Waals surface area contributed by atoms with Gasteiger partial charge in [0.05, 0.1) is 18.1 Å². The first-order valence-corrected chi connectivity index (χ1v) is 10.8. The van der Waals surface area contributed by atoms with Crippen molar-refractivity contribution in [2.75, 3.05) is 20.7 Å². The molecule has 1 unspecified atom stereocenters. The van der Waals surface area contributed by atoms with Gasteiger partial charge in [0, 0.05) is 18.5 Å². The number of rotatable bonds is 6. The van der Waals surface area contributed by atoms with Gasteiger partial charge >= 0.3 is 5.97 Å². The fraction of sp³-hybridized carbons (Fsp3) is 0.423.